The van der Waals surface area contributed by atoms with Gasteiger partial charge in [0, 0.05) is 6.20 Å². The van der Waals surface area contributed by atoms with E-state index >= 15 is 0 Å². The van der Waals surface area contributed by atoms with Crippen LogP contribution in [-0.4, -0.2) is 20.5 Å². The molecule has 0 unspecified atom stereocenters. The molecular formula is C18H17ClN4O2. The van der Waals surface area contributed by atoms with Gasteiger partial charge in [0.05, 0.1) is 22.8 Å². The Morgan fingerprint density at radius 1 is 1.20 bits per heavy atom. The normalized spacial score (nSPS) is 11.5. The Morgan fingerprint density at radius 3 is 2.52 bits per heavy atom. The number of imidazole rings is 1. The predicted molar refractivity (Wildman–Crippen MR) is 96.4 cm³/mol. The number of aliphatic carboxylic acids is 1. The van der Waals surface area contributed by atoms with E-state index in [1.807, 2.05) is 32.9 Å². The van der Waals surface area contributed by atoms with Gasteiger partial charge < -0.3 is 5.11 Å². The Labute approximate surface area is 149 Å². The third kappa shape index (κ3) is 3.53. The largest absolute Gasteiger partial charge is 0.481 e. The average Bonchev–Trinajstić information content (AvgIpc) is 2.82. The van der Waals surface area contributed by atoms with Gasteiger partial charge in [-0.1, -0.05) is 29.3 Å². The number of hydrogen-bond donors (Lipinski definition) is 1. The monoisotopic (exact) mass is 356 g/mol. The van der Waals surface area contributed by atoms with E-state index in [4.69, 9.17) is 16.7 Å². The third-order valence-corrected chi connectivity index (χ3v) is 4.05. The van der Waals surface area contributed by atoms with Crippen LogP contribution in [0.2, 0.25) is 5.02 Å². The van der Waals surface area contributed by atoms with E-state index < -0.39 is 5.97 Å². The predicted octanol–water partition coefficient (Wildman–Crippen LogP) is 4.96. The number of carbonyl (C=O) groups is 1. The molecule has 3 rings (SSSR count). The fourth-order valence-electron chi connectivity index (χ4n) is 2.85. The molecule has 0 aliphatic carbocycles. The maximum absolute atomic E-state index is 11.1. The molecule has 0 saturated carbocycles. The average molecular weight is 357 g/mol. The van der Waals surface area contributed by atoms with Crippen LogP contribution >= 0.6 is 11.6 Å². The van der Waals surface area contributed by atoms with Gasteiger partial charge in [-0.15, -0.1) is 10.2 Å². The number of carboxylic acids is 1. The highest BCUT2D eigenvalue weighted by molar-refractivity contribution is 6.30. The number of nitrogens with zero attached hydrogens (tertiary/aromatic N) is 4. The van der Waals surface area contributed by atoms with E-state index in [-0.39, 0.29) is 6.42 Å². The number of hydrogen-bond acceptors (Lipinski definition) is 4. The van der Waals surface area contributed by atoms with Crippen molar-refractivity contribution in [1.82, 2.24) is 9.38 Å². The molecule has 2 aromatic heterocycles. The summed E-state index contributed by atoms with van der Waals surface area (Å²) in [5, 5.41) is 18.3. The molecule has 6 nitrogen and oxygen atoms in total. The molecule has 0 aliphatic rings. The van der Waals surface area contributed by atoms with Crippen LogP contribution in [0.4, 0.5) is 11.5 Å². The molecule has 3 aromatic rings. The number of benzene rings is 1. The zero-order valence-electron chi connectivity index (χ0n) is 14.1. The lowest BCUT2D eigenvalue weighted by molar-refractivity contribution is -0.136. The van der Waals surface area contributed by atoms with Crippen LogP contribution < -0.4 is 0 Å². The molecule has 25 heavy (non-hydrogen) atoms. The first-order valence-electron chi connectivity index (χ1n) is 7.73. The van der Waals surface area contributed by atoms with Gasteiger partial charge in [-0.25, -0.2) is 4.98 Å². The molecule has 0 spiro atoms. The summed E-state index contributed by atoms with van der Waals surface area (Å²) >= 11 is 6.05. The van der Waals surface area contributed by atoms with Gasteiger partial charge in [0.15, 0.2) is 5.82 Å². The van der Waals surface area contributed by atoms with Crippen molar-refractivity contribution in [3.8, 4) is 0 Å². The molecule has 0 fully saturated rings. The van der Waals surface area contributed by atoms with Crippen molar-refractivity contribution in [2.45, 2.75) is 27.2 Å². The van der Waals surface area contributed by atoms with Gasteiger partial charge in [-0.2, -0.15) is 0 Å². The fraction of sp³-hybridized carbons (Fsp3) is 0.222. The third-order valence-electron chi connectivity index (χ3n) is 3.83. The summed E-state index contributed by atoms with van der Waals surface area (Å²) in [4.78, 5) is 15.5. The Balaban J connectivity index is 2.14. The number of halogens is 1. The van der Waals surface area contributed by atoms with E-state index in [1.54, 1.807) is 22.7 Å². The van der Waals surface area contributed by atoms with Crippen LogP contribution in [-0.2, 0) is 11.2 Å². The summed E-state index contributed by atoms with van der Waals surface area (Å²) in [6.07, 6.45) is 1.41. The first kappa shape index (κ1) is 17.1. The summed E-state index contributed by atoms with van der Waals surface area (Å²) in [5.74, 6) is -0.604. The Morgan fingerprint density at radius 2 is 1.88 bits per heavy atom. The number of azo groups is 1. The van der Waals surface area contributed by atoms with Crippen molar-refractivity contribution in [2.24, 2.45) is 10.2 Å². The van der Waals surface area contributed by atoms with E-state index in [0.29, 0.717) is 22.2 Å². The van der Waals surface area contributed by atoms with Crippen LogP contribution in [0.3, 0.4) is 0 Å². The van der Waals surface area contributed by atoms with Crippen molar-refractivity contribution in [3.05, 3.63) is 57.9 Å². The quantitative estimate of drug-likeness (QED) is 0.671. The standard InChI is InChI=1S/C18H17ClN4O2/c1-10-6-11(2)17(12(3)7-10)21-22-18-14(8-16(24)25)20-15-5-4-13(19)9-23(15)18/h4-7,9H,8H2,1-3H3,(H,24,25). The number of aromatic nitrogens is 2. The highest BCUT2D eigenvalue weighted by Crippen LogP contribution is 2.30. The van der Waals surface area contributed by atoms with Crippen molar-refractivity contribution in [1.29, 1.82) is 0 Å². The maximum atomic E-state index is 11.1. The zero-order valence-corrected chi connectivity index (χ0v) is 14.9. The van der Waals surface area contributed by atoms with Gasteiger partial charge in [0.2, 0.25) is 0 Å². The number of fused-ring (bicyclic) bond motifs is 1. The molecule has 0 amide bonds. The molecule has 0 radical (unpaired) electrons. The highest BCUT2D eigenvalue weighted by Gasteiger charge is 2.15. The lowest BCUT2D eigenvalue weighted by atomic mass is 10.1. The number of aryl methyl sites for hydroxylation is 3. The van der Waals surface area contributed by atoms with E-state index in [1.165, 1.54) is 0 Å². The minimum absolute atomic E-state index is 0.237. The van der Waals surface area contributed by atoms with Crippen LogP contribution in [0.1, 0.15) is 22.4 Å². The second-order valence-corrected chi connectivity index (χ2v) is 6.41. The SMILES string of the molecule is Cc1cc(C)c(N=Nc2c(CC(=O)O)nc3ccc(Cl)cn23)c(C)c1. The van der Waals surface area contributed by atoms with E-state index in [9.17, 15) is 4.79 Å². The number of carboxylic acid groups (broad SMARTS) is 1. The Kier molecular flexibility index (Phi) is 4.55. The van der Waals surface area contributed by atoms with E-state index in [0.717, 1.165) is 22.4 Å². The Hall–Kier alpha value is -2.73. The summed E-state index contributed by atoms with van der Waals surface area (Å²) < 4.78 is 1.66. The smallest absolute Gasteiger partial charge is 0.309 e. The minimum Gasteiger partial charge on any atom is -0.481 e. The lowest BCUT2D eigenvalue weighted by Crippen LogP contribution is -2.00. The van der Waals surface area contributed by atoms with Crippen molar-refractivity contribution in [3.63, 3.8) is 0 Å². The summed E-state index contributed by atoms with van der Waals surface area (Å²) in [6.45, 7) is 5.97. The Bertz CT molecular complexity index is 985. The zero-order chi connectivity index (χ0) is 18.1. The van der Waals surface area contributed by atoms with E-state index in [2.05, 4.69) is 15.2 Å². The summed E-state index contributed by atoms with van der Waals surface area (Å²) in [5.41, 5.74) is 4.86. The molecule has 128 valence electrons. The molecule has 0 aliphatic heterocycles. The van der Waals surface area contributed by atoms with Gasteiger partial charge in [-0.05, 0) is 44.0 Å². The van der Waals surface area contributed by atoms with Crippen LogP contribution in [0.5, 0.6) is 0 Å². The lowest BCUT2D eigenvalue weighted by Gasteiger charge is -2.05. The topological polar surface area (TPSA) is 79.3 Å². The summed E-state index contributed by atoms with van der Waals surface area (Å²) in [7, 11) is 0. The van der Waals surface area contributed by atoms with Crippen LogP contribution in [0, 0.1) is 20.8 Å². The molecule has 0 bridgehead atoms. The number of rotatable bonds is 4. The summed E-state index contributed by atoms with van der Waals surface area (Å²) in [6, 6.07) is 7.48. The second kappa shape index (κ2) is 6.64. The van der Waals surface area contributed by atoms with Gasteiger partial charge in [-0.3, -0.25) is 9.20 Å². The van der Waals surface area contributed by atoms with Crippen molar-refractivity contribution < 1.29 is 9.90 Å². The van der Waals surface area contributed by atoms with Gasteiger partial charge in [0.1, 0.15) is 5.65 Å². The molecule has 7 heteroatoms. The van der Waals surface area contributed by atoms with Crippen molar-refractivity contribution >= 4 is 34.7 Å². The van der Waals surface area contributed by atoms with Crippen LogP contribution in [0.25, 0.3) is 5.65 Å². The maximum Gasteiger partial charge on any atom is 0.309 e. The first-order valence-corrected chi connectivity index (χ1v) is 8.11. The fourth-order valence-corrected chi connectivity index (χ4v) is 3.01. The van der Waals surface area contributed by atoms with Crippen LogP contribution in [0.15, 0.2) is 40.7 Å². The molecule has 2 heterocycles. The molecular weight excluding hydrogens is 340 g/mol. The van der Waals surface area contributed by atoms with Gasteiger partial charge >= 0.3 is 5.97 Å². The molecule has 1 aromatic carbocycles. The minimum atomic E-state index is -0.978. The van der Waals surface area contributed by atoms with Crippen molar-refractivity contribution in [2.75, 3.05) is 0 Å². The second-order valence-electron chi connectivity index (χ2n) is 5.98. The molecule has 1 N–H and O–H groups in total. The van der Waals surface area contributed by atoms with Gasteiger partial charge in [0.25, 0.3) is 0 Å². The molecule has 0 atom stereocenters. The number of pyridine rings is 1. The first-order chi connectivity index (χ1) is 11.8. The molecule has 0 saturated heterocycles. The highest BCUT2D eigenvalue weighted by atomic mass is 35.5.